The van der Waals surface area contributed by atoms with Gasteiger partial charge in [-0.05, 0) is 36.4 Å². The summed E-state index contributed by atoms with van der Waals surface area (Å²) in [4.78, 5) is 22.5. The first kappa shape index (κ1) is 12.2. The molecule has 0 fully saturated rings. The largest absolute Gasteiger partial charge is 0.505 e. The number of aryl methyl sites for hydroxylation is 1. The van der Waals surface area contributed by atoms with E-state index in [1.54, 1.807) is 19.1 Å². The van der Waals surface area contributed by atoms with Gasteiger partial charge in [0.2, 0.25) is 0 Å². The maximum atomic E-state index is 11.9. The SMILES string of the molecule is Cc1ccc(-c2cc3cc(N=O)c(O)cc3oc2=O)o1. The highest BCUT2D eigenvalue weighted by atomic mass is 16.4. The van der Waals surface area contributed by atoms with Gasteiger partial charge in [0.25, 0.3) is 0 Å². The summed E-state index contributed by atoms with van der Waals surface area (Å²) >= 11 is 0. The van der Waals surface area contributed by atoms with E-state index in [0.29, 0.717) is 16.9 Å². The molecule has 0 amide bonds. The lowest BCUT2D eigenvalue weighted by molar-refractivity contribution is 0.474. The van der Waals surface area contributed by atoms with Crippen LogP contribution in [0.1, 0.15) is 5.76 Å². The van der Waals surface area contributed by atoms with Gasteiger partial charge in [0, 0.05) is 11.5 Å². The molecule has 100 valence electrons. The van der Waals surface area contributed by atoms with Gasteiger partial charge in [-0.25, -0.2) is 4.79 Å². The number of hydrogen-bond donors (Lipinski definition) is 1. The number of fused-ring (bicyclic) bond motifs is 1. The Balaban J connectivity index is 2.30. The fraction of sp³-hybridized carbons (Fsp3) is 0.0714. The second kappa shape index (κ2) is 4.34. The molecule has 0 aliphatic carbocycles. The molecule has 0 atom stereocenters. The predicted octanol–water partition coefficient (Wildman–Crippen LogP) is 3.46. The lowest BCUT2D eigenvalue weighted by Crippen LogP contribution is -2.01. The fourth-order valence-corrected chi connectivity index (χ4v) is 1.97. The van der Waals surface area contributed by atoms with Crippen molar-refractivity contribution in [1.29, 1.82) is 0 Å². The highest BCUT2D eigenvalue weighted by Gasteiger charge is 2.13. The Bertz CT molecular complexity index is 875. The quantitative estimate of drug-likeness (QED) is 0.569. The van der Waals surface area contributed by atoms with Crippen molar-refractivity contribution in [2.45, 2.75) is 6.92 Å². The van der Waals surface area contributed by atoms with E-state index in [2.05, 4.69) is 5.18 Å². The van der Waals surface area contributed by atoms with Crippen molar-refractivity contribution >= 4 is 16.7 Å². The summed E-state index contributed by atoms with van der Waals surface area (Å²) < 4.78 is 10.5. The van der Waals surface area contributed by atoms with Crippen molar-refractivity contribution in [3.63, 3.8) is 0 Å². The van der Waals surface area contributed by atoms with Crippen molar-refractivity contribution in [1.82, 2.24) is 0 Å². The lowest BCUT2D eigenvalue weighted by Gasteiger charge is -2.02. The molecule has 20 heavy (non-hydrogen) atoms. The van der Waals surface area contributed by atoms with Gasteiger partial charge in [0.15, 0.2) is 0 Å². The number of rotatable bonds is 2. The molecule has 6 nitrogen and oxygen atoms in total. The van der Waals surface area contributed by atoms with Gasteiger partial charge in [-0.3, -0.25) is 0 Å². The molecule has 0 saturated carbocycles. The summed E-state index contributed by atoms with van der Waals surface area (Å²) in [5.41, 5.74) is -0.286. The van der Waals surface area contributed by atoms with Crippen LogP contribution in [0.2, 0.25) is 0 Å². The zero-order chi connectivity index (χ0) is 14.3. The van der Waals surface area contributed by atoms with Crippen LogP contribution in [0, 0.1) is 11.8 Å². The van der Waals surface area contributed by atoms with Crippen molar-refractivity contribution in [3.05, 3.63) is 51.4 Å². The molecule has 0 saturated heterocycles. The minimum Gasteiger partial charge on any atom is -0.505 e. The Hall–Kier alpha value is -2.89. The summed E-state index contributed by atoms with van der Waals surface area (Å²) in [6.45, 7) is 1.76. The highest BCUT2D eigenvalue weighted by Crippen LogP contribution is 2.32. The maximum Gasteiger partial charge on any atom is 0.347 e. The molecule has 6 heteroatoms. The first-order chi connectivity index (χ1) is 9.58. The molecule has 3 aromatic rings. The molecule has 0 unspecified atom stereocenters. The third-order valence-electron chi connectivity index (χ3n) is 2.93. The minimum atomic E-state index is -0.585. The highest BCUT2D eigenvalue weighted by molar-refractivity contribution is 5.85. The van der Waals surface area contributed by atoms with Crippen molar-refractivity contribution in [2.24, 2.45) is 5.18 Å². The molecule has 0 spiro atoms. The minimum absolute atomic E-state index is 0.118. The molecular weight excluding hydrogens is 262 g/mol. The number of nitroso groups, excluding NO2 is 1. The number of phenols is 1. The number of aromatic hydroxyl groups is 1. The van der Waals surface area contributed by atoms with E-state index in [4.69, 9.17) is 8.83 Å². The van der Waals surface area contributed by atoms with Crippen LogP contribution in [0.3, 0.4) is 0 Å². The topological polar surface area (TPSA) is 93.0 Å². The van der Waals surface area contributed by atoms with E-state index < -0.39 is 5.63 Å². The number of phenolic OH excluding ortho intramolecular Hbond substituents is 1. The van der Waals surface area contributed by atoms with Gasteiger partial charge in [-0.2, -0.15) is 0 Å². The van der Waals surface area contributed by atoms with Gasteiger partial charge in [-0.1, -0.05) is 0 Å². The van der Waals surface area contributed by atoms with Crippen molar-refractivity contribution in [3.8, 4) is 17.1 Å². The van der Waals surface area contributed by atoms with Gasteiger partial charge in [-0.15, -0.1) is 4.91 Å². The van der Waals surface area contributed by atoms with Crippen LogP contribution >= 0.6 is 0 Å². The van der Waals surface area contributed by atoms with Crippen LogP contribution in [-0.4, -0.2) is 5.11 Å². The lowest BCUT2D eigenvalue weighted by atomic mass is 10.1. The summed E-state index contributed by atoms with van der Waals surface area (Å²) in [7, 11) is 0. The van der Waals surface area contributed by atoms with E-state index in [1.165, 1.54) is 18.2 Å². The van der Waals surface area contributed by atoms with Gasteiger partial charge >= 0.3 is 5.63 Å². The molecule has 0 aliphatic rings. The molecule has 3 rings (SSSR count). The third kappa shape index (κ3) is 1.87. The maximum absolute atomic E-state index is 11.9. The van der Waals surface area contributed by atoms with Crippen LogP contribution < -0.4 is 5.63 Å². The Labute approximate surface area is 112 Å². The van der Waals surface area contributed by atoms with E-state index in [0.717, 1.165) is 0 Å². The van der Waals surface area contributed by atoms with Crippen LogP contribution in [0.15, 0.2) is 49.1 Å². The predicted molar refractivity (Wildman–Crippen MR) is 72.0 cm³/mol. The standard InChI is InChI=1S/C14H9NO5/c1-7-2-3-12(19-7)9-4-8-5-10(15-18)11(16)6-13(8)20-14(9)17/h2-6,16H,1H3. The van der Waals surface area contributed by atoms with E-state index in [9.17, 15) is 14.8 Å². The van der Waals surface area contributed by atoms with Gasteiger partial charge < -0.3 is 13.9 Å². The summed E-state index contributed by atoms with van der Waals surface area (Å²) in [6, 6.07) is 7.46. The molecule has 0 bridgehead atoms. The zero-order valence-corrected chi connectivity index (χ0v) is 10.4. The molecule has 2 heterocycles. The Morgan fingerprint density at radius 1 is 1.15 bits per heavy atom. The summed E-state index contributed by atoms with van der Waals surface area (Å²) in [5.74, 6) is 0.713. The van der Waals surface area contributed by atoms with E-state index in [1.807, 2.05) is 0 Å². The number of nitrogens with zero attached hydrogens (tertiary/aromatic N) is 1. The van der Waals surface area contributed by atoms with Gasteiger partial charge in [0.1, 0.15) is 34.1 Å². The Kier molecular flexibility index (Phi) is 2.64. The normalized spacial score (nSPS) is 10.8. The van der Waals surface area contributed by atoms with Crippen molar-refractivity contribution in [2.75, 3.05) is 0 Å². The first-order valence-electron chi connectivity index (χ1n) is 5.79. The molecule has 1 aromatic carbocycles. The molecule has 0 radical (unpaired) electrons. The second-order valence-electron chi connectivity index (χ2n) is 4.33. The first-order valence-corrected chi connectivity index (χ1v) is 5.79. The summed E-state index contributed by atoms with van der Waals surface area (Å²) in [6.07, 6.45) is 0. The number of furan rings is 1. The average Bonchev–Trinajstić information content (AvgIpc) is 2.84. The van der Waals surface area contributed by atoms with Crippen LogP contribution in [0.5, 0.6) is 5.75 Å². The number of benzene rings is 1. The van der Waals surface area contributed by atoms with Crippen LogP contribution in [0.4, 0.5) is 5.69 Å². The van der Waals surface area contributed by atoms with Crippen LogP contribution in [-0.2, 0) is 0 Å². The average molecular weight is 271 g/mol. The molecule has 1 N–H and O–H groups in total. The summed E-state index contributed by atoms with van der Waals surface area (Å²) in [5, 5.41) is 12.7. The zero-order valence-electron chi connectivity index (χ0n) is 10.4. The van der Waals surface area contributed by atoms with Crippen LogP contribution in [0.25, 0.3) is 22.3 Å². The van der Waals surface area contributed by atoms with E-state index >= 15 is 0 Å². The van der Waals surface area contributed by atoms with E-state index in [-0.39, 0.29) is 22.6 Å². The fourth-order valence-electron chi connectivity index (χ4n) is 1.97. The smallest absolute Gasteiger partial charge is 0.347 e. The second-order valence-corrected chi connectivity index (χ2v) is 4.33. The van der Waals surface area contributed by atoms with Crippen molar-refractivity contribution < 1.29 is 13.9 Å². The van der Waals surface area contributed by atoms with Gasteiger partial charge in [0.05, 0.1) is 0 Å². The monoisotopic (exact) mass is 271 g/mol. The molecule has 2 aromatic heterocycles. The Morgan fingerprint density at radius 3 is 2.60 bits per heavy atom. The molecule has 0 aliphatic heterocycles. The number of hydrogen-bond acceptors (Lipinski definition) is 6. The molecular formula is C14H9NO5. The Morgan fingerprint density at radius 2 is 1.95 bits per heavy atom. The third-order valence-corrected chi connectivity index (χ3v) is 2.93.